The molecule has 0 bridgehead atoms. The highest BCUT2D eigenvalue weighted by Crippen LogP contribution is 2.24. The minimum Gasteiger partial charge on any atom is -0.376 e. The summed E-state index contributed by atoms with van der Waals surface area (Å²) in [6, 6.07) is 0.454. The topological polar surface area (TPSA) is 79.0 Å². The van der Waals surface area contributed by atoms with Gasteiger partial charge in [0.15, 0.2) is 0 Å². The minimum absolute atomic E-state index is 0.1000. The minimum atomic E-state index is -0.307. The van der Waals surface area contributed by atoms with Crippen LogP contribution in [0.5, 0.6) is 0 Å². The molecule has 3 saturated heterocycles. The molecular weight excluding hydrogens is 370 g/mol. The predicted octanol–water partition coefficient (Wildman–Crippen LogP) is 1.60. The van der Waals surface area contributed by atoms with Crippen molar-refractivity contribution in [2.45, 2.75) is 70.9 Å². The first-order valence-corrected chi connectivity index (χ1v) is 11.4. The fourth-order valence-electron chi connectivity index (χ4n) is 4.76. The van der Waals surface area contributed by atoms with Crippen LogP contribution >= 0.6 is 0 Å². The van der Waals surface area contributed by atoms with E-state index in [2.05, 4.69) is 10.2 Å². The maximum atomic E-state index is 12.4. The molecule has 0 spiro atoms. The van der Waals surface area contributed by atoms with Crippen LogP contribution < -0.4 is 5.32 Å². The number of Topliss-reactive ketones (excluding diaryl/α,β-unsaturated/α-hetero) is 1. The van der Waals surface area contributed by atoms with Crippen LogP contribution in [0.2, 0.25) is 0 Å². The van der Waals surface area contributed by atoms with Gasteiger partial charge in [-0.05, 0) is 57.5 Å². The van der Waals surface area contributed by atoms with E-state index in [1.165, 1.54) is 0 Å². The molecule has 3 aliphatic rings. The fourth-order valence-corrected chi connectivity index (χ4v) is 4.76. The van der Waals surface area contributed by atoms with Crippen molar-refractivity contribution in [2.75, 3.05) is 39.3 Å². The van der Waals surface area contributed by atoms with Gasteiger partial charge in [0.25, 0.3) is 5.91 Å². The lowest BCUT2D eigenvalue weighted by Gasteiger charge is -2.41. The number of nitrogens with zero attached hydrogens (tertiary/aromatic N) is 2. The molecule has 0 aromatic heterocycles. The van der Waals surface area contributed by atoms with Crippen molar-refractivity contribution in [3.63, 3.8) is 0 Å². The molecule has 29 heavy (non-hydrogen) atoms. The quantitative estimate of drug-likeness (QED) is 0.649. The number of piperidine rings is 2. The number of likely N-dealkylation sites (tertiary alicyclic amines) is 2. The number of ether oxygens (including phenoxy) is 1. The third-order valence-corrected chi connectivity index (χ3v) is 6.53. The maximum absolute atomic E-state index is 12.4. The molecule has 3 rings (SSSR count). The molecule has 0 aromatic carbocycles. The molecule has 164 valence electrons. The summed E-state index contributed by atoms with van der Waals surface area (Å²) in [5, 5.41) is 3.07. The average Bonchev–Trinajstić information content (AvgIpc) is 3.25. The van der Waals surface area contributed by atoms with Gasteiger partial charge in [-0.15, -0.1) is 0 Å². The smallest absolute Gasteiger partial charge is 0.289 e. The van der Waals surface area contributed by atoms with Gasteiger partial charge in [-0.25, -0.2) is 0 Å². The molecule has 0 radical (unpaired) electrons. The lowest BCUT2D eigenvalue weighted by molar-refractivity contribution is -0.146. The zero-order chi connectivity index (χ0) is 20.8. The van der Waals surface area contributed by atoms with Gasteiger partial charge < -0.3 is 19.9 Å². The van der Waals surface area contributed by atoms with Gasteiger partial charge >= 0.3 is 0 Å². The standard InChI is InChI=1S/C22H37N3O4/c1-16(2)14-20(26)22(28)25-11-7-18(8-12-25)24-9-5-17(6-10-24)21(27)23-15-19-4-3-13-29-19/h16-19H,3-15H2,1-2H3,(H,23,27)/t19-/m1/s1. The Labute approximate surface area is 174 Å². The average molecular weight is 408 g/mol. The molecule has 1 N–H and O–H groups in total. The Bertz CT molecular complexity index is 573. The van der Waals surface area contributed by atoms with Gasteiger partial charge in [-0.1, -0.05) is 13.8 Å². The Morgan fingerprint density at radius 2 is 1.69 bits per heavy atom. The number of nitrogens with one attached hydrogen (secondary N) is 1. The molecule has 1 atom stereocenters. The van der Waals surface area contributed by atoms with E-state index in [1.807, 2.05) is 13.8 Å². The maximum Gasteiger partial charge on any atom is 0.289 e. The summed E-state index contributed by atoms with van der Waals surface area (Å²) in [6.07, 6.45) is 6.28. The normalized spacial score (nSPS) is 24.8. The summed E-state index contributed by atoms with van der Waals surface area (Å²) in [4.78, 5) is 41.0. The monoisotopic (exact) mass is 407 g/mol. The van der Waals surface area contributed by atoms with Crippen molar-refractivity contribution in [3.8, 4) is 0 Å². The van der Waals surface area contributed by atoms with E-state index < -0.39 is 0 Å². The van der Waals surface area contributed by atoms with E-state index in [-0.39, 0.29) is 35.5 Å². The van der Waals surface area contributed by atoms with Gasteiger partial charge in [0.1, 0.15) is 0 Å². The van der Waals surface area contributed by atoms with E-state index in [0.29, 0.717) is 32.1 Å². The first kappa shape index (κ1) is 22.2. The molecule has 3 aliphatic heterocycles. The number of ketones is 1. The SMILES string of the molecule is CC(C)CC(=O)C(=O)N1CCC(N2CCC(C(=O)NC[C@H]3CCCO3)CC2)CC1. The summed E-state index contributed by atoms with van der Waals surface area (Å²) >= 11 is 0. The predicted molar refractivity (Wildman–Crippen MR) is 110 cm³/mol. The highest BCUT2D eigenvalue weighted by atomic mass is 16.5. The highest BCUT2D eigenvalue weighted by Gasteiger charge is 2.33. The number of amides is 2. The van der Waals surface area contributed by atoms with Crippen molar-refractivity contribution < 1.29 is 19.1 Å². The van der Waals surface area contributed by atoms with Crippen molar-refractivity contribution in [3.05, 3.63) is 0 Å². The first-order chi connectivity index (χ1) is 13.9. The zero-order valence-electron chi connectivity index (χ0n) is 18.0. The molecular formula is C22H37N3O4. The lowest BCUT2D eigenvalue weighted by atomic mass is 9.92. The number of carbonyl (C=O) groups is 3. The third-order valence-electron chi connectivity index (χ3n) is 6.53. The van der Waals surface area contributed by atoms with Gasteiger partial charge in [-0.3, -0.25) is 14.4 Å². The van der Waals surface area contributed by atoms with Crippen LogP contribution in [0.25, 0.3) is 0 Å². The van der Waals surface area contributed by atoms with Crippen molar-refractivity contribution in [1.29, 1.82) is 0 Å². The number of hydrogen-bond acceptors (Lipinski definition) is 5. The van der Waals surface area contributed by atoms with Gasteiger partial charge in [-0.2, -0.15) is 0 Å². The molecule has 3 fully saturated rings. The van der Waals surface area contributed by atoms with E-state index >= 15 is 0 Å². The fraction of sp³-hybridized carbons (Fsp3) is 0.864. The largest absolute Gasteiger partial charge is 0.376 e. The Kier molecular flexibility index (Phi) is 8.07. The lowest BCUT2D eigenvalue weighted by Crippen LogP contribution is -2.51. The number of hydrogen-bond donors (Lipinski definition) is 1. The summed E-state index contributed by atoms with van der Waals surface area (Å²) in [7, 11) is 0. The third kappa shape index (κ3) is 6.25. The molecule has 0 aliphatic carbocycles. The summed E-state index contributed by atoms with van der Waals surface area (Å²) in [5.74, 6) is -0.0765. The van der Waals surface area contributed by atoms with Gasteiger partial charge in [0.2, 0.25) is 11.7 Å². The van der Waals surface area contributed by atoms with Crippen molar-refractivity contribution in [2.24, 2.45) is 11.8 Å². The van der Waals surface area contributed by atoms with Crippen molar-refractivity contribution in [1.82, 2.24) is 15.1 Å². The molecule has 0 saturated carbocycles. The molecule has 3 heterocycles. The van der Waals surface area contributed by atoms with Crippen LogP contribution in [-0.2, 0) is 19.1 Å². The number of carbonyl (C=O) groups excluding carboxylic acids is 3. The second kappa shape index (κ2) is 10.5. The van der Waals surface area contributed by atoms with E-state index in [9.17, 15) is 14.4 Å². The van der Waals surface area contributed by atoms with E-state index in [0.717, 1.165) is 58.2 Å². The number of rotatable bonds is 7. The molecule has 7 heteroatoms. The second-order valence-corrected chi connectivity index (χ2v) is 9.23. The van der Waals surface area contributed by atoms with Crippen LogP contribution in [0.15, 0.2) is 0 Å². The Morgan fingerprint density at radius 1 is 1.00 bits per heavy atom. The van der Waals surface area contributed by atoms with Gasteiger partial charge in [0.05, 0.1) is 6.10 Å². The van der Waals surface area contributed by atoms with Crippen molar-refractivity contribution >= 4 is 17.6 Å². The van der Waals surface area contributed by atoms with Gasteiger partial charge in [0, 0.05) is 44.6 Å². The van der Waals surface area contributed by atoms with Crippen LogP contribution in [0.1, 0.15) is 58.8 Å². The van der Waals surface area contributed by atoms with Crippen LogP contribution in [-0.4, -0.2) is 78.9 Å². The Hall–Kier alpha value is -1.47. The first-order valence-electron chi connectivity index (χ1n) is 11.4. The summed E-state index contributed by atoms with van der Waals surface area (Å²) in [5.41, 5.74) is 0. The van der Waals surface area contributed by atoms with Crippen LogP contribution in [0.4, 0.5) is 0 Å². The summed E-state index contributed by atoms with van der Waals surface area (Å²) in [6.45, 7) is 8.57. The Morgan fingerprint density at radius 3 is 2.28 bits per heavy atom. The zero-order valence-corrected chi connectivity index (χ0v) is 18.0. The molecule has 7 nitrogen and oxygen atoms in total. The van der Waals surface area contributed by atoms with Crippen LogP contribution in [0, 0.1) is 11.8 Å². The molecule has 0 aromatic rings. The molecule has 0 unspecified atom stereocenters. The Balaban J connectivity index is 1.35. The second-order valence-electron chi connectivity index (χ2n) is 9.23. The van der Waals surface area contributed by atoms with E-state index in [1.54, 1.807) is 4.90 Å². The summed E-state index contributed by atoms with van der Waals surface area (Å²) < 4.78 is 5.57. The molecule has 2 amide bonds. The van der Waals surface area contributed by atoms with E-state index in [4.69, 9.17) is 4.74 Å². The highest BCUT2D eigenvalue weighted by molar-refractivity contribution is 6.36. The van der Waals surface area contributed by atoms with Crippen LogP contribution in [0.3, 0.4) is 0 Å².